The van der Waals surface area contributed by atoms with Gasteiger partial charge in [0.25, 0.3) is 5.56 Å². The van der Waals surface area contributed by atoms with Crippen molar-refractivity contribution in [3.8, 4) is 5.69 Å². The van der Waals surface area contributed by atoms with Crippen LogP contribution in [0.1, 0.15) is 62.4 Å². The Bertz CT molecular complexity index is 1550. The maximum Gasteiger partial charge on any atom is 0.266 e. The number of nitrogens with zero attached hydrogens (tertiary/aromatic N) is 2. The zero-order valence-corrected chi connectivity index (χ0v) is 24.1. The second-order valence-corrected chi connectivity index (χ2v) is 11.4. The number of fused-ring (bicyclic) bond motifs is 1. The van der Waals surface area contributed by atoms with E-state index < -0.39 is 0 Å². The summed E-state index contributed by atoms with van der Waals surface area (Å²) in [6, 6.07) is 19.8. The van der Waals surface area contributed by atoms with Crippen molar-refractivity contribution in [3.63, 3.8) is 0 Å². The van der Waals surface area contributed by atoms with Gasteiger partial charge in [0.1, 0.15) is 0 Å². The van der Waals surface area contributed by atoms with E-state index in [1.54, 1.807) is 47.0 Å². The van der Waals surface area contributed by atoms with Crippen LogP contribution in [0.25, 0.3) is 16.6 Å². The van der Waals surface area contributed by atoms with E-state index in [2.05, 4.69) is 19.2 Å². The molecule has 4 rings (SSSR count). The van der Waals surface area contributed by atoms with Gasteiger partial charge in [0.15, 0.2) is 10.9 Å². The molecule has 6 nitrogen and oxygen atoms in total. The number of hydrogen-bond acceptors (Lipinski definition) is 5. The third kappa shape index (κ3) is 6.97. The molecule has 0 saturated heterocycles. The van der Waals surface area contributed by atoms with Crippen LogP contribution in [0.15, 0.2) is 76.7 Å². The van der Waals surface area contributed by atoms with Gasteiger partial charge in [-0.2, -0.15) is 0 Å². The molecule has 0 radical (unpaired) electrons. The summed E-state index contributed by atoms with van der Waals surface area (Å²) in [5.41, 5.74) is 3.31. The molecular weight excluding hydrogens is 530 g/mol. The highest BCUT2D eigenvalue weighted by molar-refractivity contribution is 7.99. The normalized spacial score (nSPS) is 12.1. The second kappa shape index (κ2) is 12.6. The first-order valence-corrected chi connectivity index (χ1v) is 14.4. The molecule has 0 bridgehead atoms. The van der Waals surface area contributed by atoms with Crippen molar-refractivity contribution < 1.29 is 9.59 Å². The number of Topliss-reactive ketones (excluding diaryl/α,β-unsaturated/α-hetero) is 1. The molecule has 0 unspecified atom stereocenters. The fourth-order valence-corrected chi connectivity index (χ4v) is 5.26. The van der Waals surface area contributed by atoms with Crippen LogP contribution in [-0.2, 0) is 4.79 Å². The van der Waals surface area contributed by atoms with Gasteiger partial charge in [0.2, 0.25) is 5.91 Å². The van der Waals surface area contributed by atoms with Crippen molar-refractivity contribution in [1.82, 2.24) is 9.55 Å². The number of rotatable bonds is 10. The average Bonchev–Trinajstić information content (AvgIpc) is 2.91. The van der Waals surface area contributed by atoms with Gasteiger partial charge in [-0.25, -0.2) is 4.98 Å². The predicted molar refractivity (Wildman–Crippen MR) is 161 cm³/mol. The molecule has 202 valence electrons. The maximum atomic E-state index is 13.6. The number of benzene rings is 3. The van der Waals surface area contributed by atoms with E-state index in [0.29, 0.717) is 50.4 Å². The summed E-state index contributed by atoms with van der Waals surface area (Å²) in [6.45, 7) is 8.28. The quantitative estimate of drug-likeness (QED) is 0.123. The Morgan fingerprint density at radius 3 is 2.33 bits per heavy atom. The molecule has 0 aliphatic heterocycles. The average molecular weight is 562 g/mol. The third-order valence-electron chi connectivity index (χ3n) is 6.55. The number of nitrogens with one attached hydrogen (secondary N) is 1. The minimum atomic E-state index is -0.218. The summed E-state index contributed by atoms with van der Waals surface area (Å²) in [7, 11) is 0. The first kappa shape index (κ1) is 28.6. The highest BCUT2D eigenvalue weighted by atomic mass is 35.5. The zero-order valence-electron chi connectivity index (χ0n) is 22.5. The standard InChI is InChI=1S/C31H32ClN3O3S/c1-5-20(4)21-8-13-25(14-9-21)35-30(38)26-15-10-23(32)17-27(26)34-31(35)39-18-28(36)22-6-11-24(12-7-22)33-29(37)16-19(2)3/h6-15,17,19-20H,5,16,18H2,1-4H3,(H,33,37)/t20-/m0/s1. The van der Waals surface area contributed by atoms with E-state index in [4.69, 9.17) is 16.6 Å². The van der Waals surface area contributed by atoms with Crippen LogP contribution in [0.3, 0.4) is 0 Å². The lowest BCUT2D eigenvalue weighted by Crippen LogP contribution is -2.22. The predicted octanol–water partition coefficient (Wildman–Crippen LogP) is 7.51. The molecule has 4 aromatic rings. The molecule has 0 aliphatic carbocycles. The van der Waals surface area contributed by atoms with E-state index in [-0.39, 0.29) is 28.9 Å². The summed E-state index contributed by atoms with van der Waals surface area (Å²) < 4.78 is 1.56. The Morgan fingerprint density at radius 1 is 1.00 bits per heavy atom. The van der Waals surface area contributed by atoms with Crippen molar-refractivity contribution in [3.05, 3.63) is 93.2 Å². The van der Waals surface area contributed by atoms with Gasteiger partial charge in [-0.3, -0.25) is 19.0 Å². The number of amides is 1. The van der Waals surface area contributed by atoms with Crippen LogP contribution in [0, 0.1) is 5.92 Å². The van der Waals surface area contributed by atoms with E-state index in [9.17, 15) is 14.4 Å². The van der Waals surface area contributed by atoms with Crippen LogP contribution in [0.5, 0.6) is 0 Å². The molecule has 8 heteroatoms. The lowest BCUT2D eigenvalue weighted by Gasteiger charge is -2.15. The summed E-state index contributed by atoms with van der Waals surface area (Å²) >= 11 is 7.39. The van der Waals surface area contributed by atoms with Gasteiger partial charge in [-0.1, -0.05) is 63.2 Å². The number of thioether (sulfide) groups is 1. The van der Waals surface area contributed by atoms with Gasteiger partial charge in [0.05, 0.1) is 22.3 Å². The van der Waals surface area contributed by atoms with Crippen LogP contribution >= 0.6 is 23.4 Å². The van der Waals surface area contributed by atoms with Crippen molar-refractivity contribution in [2.75, 3.05) is 11.1 Å². The highest BCUT2D eigenvalue weighted by Gasteiger charge is 2.17. The Morgan fingerprint density at radius 2 is 1.69 bits per heavy atom. The lowest BCUT2D eigenvalue weighted by molar-refractivity contribution is -0.116. The fraction of sp³-hybridized carbons (Fsp3) is 0.290. The monoisotopic (exact) mass is 561 g/mol. The van der Waals surface area contributed by atoms with Crippen molar-refractivity contribution in [2.24, 2.45) is 5.92 Å². The molecule has 39 heavy (non-hydrogen) atoms. The molecule has 0 aliphatic rings. The number of ketones is 1. The molecule has 1 atom stereocenters. The van der Waals surface area contributed by atoms with E-state index in [1.807, 2.05) is 38.1 Å². The summed E-state index contributed by atoms with van der Waals surface area (Å²) in [5, 5.41) is 4.20. The largest absolute Gasteiger partial charge is 0.326 e. The van der Waals surface area contributed by atoms with E-state index in [0.717, 1.165) is 6.42 Å². The van der Waals surface area contributed by atoms with Gasteiger partial charge in [-0.15, -0.1) is 0 Å². The first-order chi connectivity index (χ1) is 18.7. The molecule has 0 fully saturated rings. The van der Waals surface area contributed by atoms with Gasteiger partial charge >= 0.3 is 0 Å². The molecule has 1 aromatic heterocycles. The topological polar surface area (TPSA) is 81.1 Å². The Kier molecular flexibility index (Phi) is 9.25. The molecule has 0 spiro atoms. The third-order valence-corrected chi connectivity index (χ3v) is 7.72. The van der Waals surface area contributed by atoms with Crippen LogP contribution in [-0.4, -0.2) is 27.0 Å². The molecule has 3 aromatic carbocycles. The number of hydrogen-bond donors (Lipinski definition) is 1. The smallest absolute Gasteiger partial charge is 0.266 e. The van der Waals surface area contributed by atoms with Crippen molar-refractivity contribution in [2.45, 2.75) is 51.6 Å². The van der Waals surface area contributed by atoms with Crippen LogP contribution in [0.4, 0.5) is 5.69 Å². The Labute approximate surface area is 237 Å². The number of aromatic nitrogens is 2. The maximum absolute atomic E-state index is 13.6. The Hall–Kier alpha value is -3.42. The number of anilines is 1. The van der Waals surface area contributed by atoms with Crippen molar-refractivity contribution in [1.29, 1.82) is 0 Å². The SMILES string of the molecule is CC[C@H](C)c1ccc(-n2c(SCC(=O)c3ccc(NC(=O)CC(C)C)cc3)nc3cc(Cl)ccc3c2=O)cc1. The highest BCUT2D eigenvalue weighted by Crippen LogP contribution is 2.26. The summed E-state index contributed by atoms with van der Waals surface area (Å²) in [5.74, 6) is 0.589. The number of carbonyl (C=O) groups excluding carboxylic acids is 2. The van der Waals surface area contributed by atoms with Crippen molar-refractivity contribution >= 4 is 51.6 Å². The van der Waals surface area contributed by atoms with Gasteiger partial charge < -0.3 is 5.32 Å². The lowest BCUT2D eigenvalue weighted by atomic mass is 9.98. The van der Waals surface area contributed by atoms with E-state index >= 15 is 0 Å². The number of carbonyl (C=O) groups is 2. The van der Waals surface area contributed by atoms with Crippen LogP contribution < -0.4 is 10.9 Å². The minimum Gasteiger partial charge on any atom is -0.326 e. The molecule has 1 amide bonds. The van der Waals surface area contributed by atoms with Gasteiger partial charge in [0, 0.05) is 22.7 Å². The van der Waals surface area contributed by atoms with Crippen LogP contribution in [0.2, 0.25) is 5.02 Å². The minimum absolute atomic E-state index is 0.0581. The first-order valence-electron chi connectivity index (χ1n) is 13.0. The molecule has 0 saturated carbocycles. The number of halogens is 1. The second-order valence-electron chi connectivity index (χ2n) is 10.0. The van der Waals surface area contributed by atoms with E-state index in [1.165, 1.54) is 17.3 Å². The molecule has 1 heterocycles. The summed E-state index contributed by atoms with van der Waals surface area (Å²) in [4.78, 5) is 43.4. The summed E-state index contributed by atoms with van der Waals surface area (Å²) in [6.07, 6.45) is 1.45. The molecule has 1 N–H and O–H groups in total. The fourth-order valence-electron chi connectivity index (χ4n) is 4.19. The van der Waals surface area contributed by atoms with Gasteiger partial charge in [-0.05, 0) is 78.4 Å². The Balaban J connectivity index is 1.60. The zero-order chi connectivity index (χ0) is 28.1. The molecular formula is C31H32ClN3O3S.